The summed E-state index contributed by atoms with van der Waals surface area (Å²) in [7, 11) is 0. The molecule has 0 aliphatic carbocycles. The molecular formula is C19H19BrO3. The first-order valence-electron chi connectivity index (χ1n) is 7.42. The van der Waals surface area contributed by atoms with Gasteiger partial charge in [-0.15, -0.1) is 0 Å². The molecule has 0 saturated heterocycles. The summed E-state index contributed by atoms with van der Waals surface area (Å²) in [5.74, 6) is 0.742. The molecule has 2 aromatic rings. The maximum atomic E-state index is 11.5. The van der Waals surface area contributed by atoms with E-state index in [2.05, 4.69) is 15.9 Å². The molecule has 0 radical (unpaired) electrons. The second-order valence-electron chi connectivity index (χ2n) is 5.48. The van der Waals surface area contributed by atoms with Gasteiger partial charge in [-0.25, -0.2) is 4.79 Å². The van der Waals surface area contributed by atoms with Gasteiger partial charge in [0.2, 0.25) is 0 Å². The van der Waals surface area contributed by atoms with Crippen LogP contribution < -0.4 is 4.74 Å². The zero-order chi connectivity index (χ0) is 16.7. The summed E-state index contributed by atoms with van der Waals surface area (Å²) < 4.78 is 11.1. The number of ether oxygens (including phenoxy) is 2. The predicted octanol–water partition coefficient (Wildman–Crippen LogP) is 5.75. The summed E-state index contributed by atoms with van der Waals surface area (Å²) >= 11 is 3.57. The second-order valence-corrected chi connectivity index (χ2v) is 6.34. The first-order valence-corrected chi connectivity index (χ1v) is 8.21. The number of hydrogen-bond acceptors (Lipinski definition) is 3. The molecule has 0 atom stereocenters. The van der Waals surface area contributed by atoms with E-state index in [0.29, 0.717) is 12.4 Å². The summed E-state index contributed by atoms with van der Waals surface area (Å²) in [6.45, 7) is 4.29. The largest absolute Gasteiger partial charge is 0.513 e. The van der Waals surface area contributed by atoms with E-state index >= 15 is 0 Å². The molecule has 0 amide bonds. The quantitative estimate of drug-likeness (QED) is 0.379. The van der Waals surface area contributed by atoms with Crippen LogP contribution in [0.25, 0.3) is 10.6 Å². The van der Waals surface area contributed by atoms with Gasteiger partial charge in [0.05, 0.1) is 6.61 Å². The van der Waals surface area contributed by atoms with Gasteiger partial charge >= 0.3 is 6.16 Å². The first kappa shape index (κ1) is 17.3. The zero-order valence-electron chi connectivity index (χ0n) is 13.2. The SMILES string of the molecule is CC(C)COC(=O)Oc1ccc(C(Br)=Cc2ccccc2)cc1. The van der Waals surface area contributed by atoms with E-state index in [-0.39, 0.29) is 5.92 Å². The van der Waals surface area contributed by atoms with E-state index < -0.39 is 6.16 Å². The molecule has 0 aliphatic heterocycles. The molecule has 0 bridgehead atoms. The van der Waals surface area contributed by atoms with Crippen molar-refractivity contribution in [1.82, 2.24) is 0 Å². The molecule has 0 saturated carbocycles. The number of carbonyl (C=O) groups is 1. The lowest BCUT2D eigenvalue weighted by atomic mass is 10.1. The fraction of sp³-hybridized carbons (Fsp3) is 0.211. The van der Waals surface area contributed by atoms with Crippen LogP contribution in [-0.2, 0) is 4.74 Å². The minimum absolute atomic E-state index is 0.281. The number of hydrogen-bond donors (Lipinski definition) is 0. The van der Waals surface area contributed by atoms with Crippen LogP contribution in [0.5, 0.6) is 5.75 Å². The molecule has 120 valence electrons. The van der Waals surface area contributed by atoms with E-state index in [1.165, 1.54) is 0 Å². The smallest absolute Gasteiger partial charge is 0.434 e. The van der Waals surface area contributed by atoms with Crippen LogP contribution in [0.4, 0.5) is 4.79 Å². The van der Waals surface area contributed by atoms with E-state index in [4.69, 9.17) is 9.47 Å². The molecule has 0 aromatic heterocycles. The monoisotopic (exact) mass is 374 g/mol. The van der Waals surface area contributed by atoms with Crippen LogP contribution in [0, 0.1) is 5.92 Å². The third-order valence-electron chi connectivity index (χ3n) is 2.96. The normalized spacial score (nSPS) is 11.4. The van der Waals surface area contributed by atoms with E-state index in [0.717, 1.165) is 15.6 Å². The van der Waals surface area contributed by atoms with Gasteiger partial charge in [0, 0.05) is 4.48 Å². The van der Waals surface area contributed by atoms with Gasteiger partial charge in [0.25, 0.3) is 0 Å². The lowest BCUT2D eigenvalue weighted by Crippen LogP contribution is -2.14. The van der Waals surface area contributed by atoms with Crippen LogP contribution in [0.3, 0.4) is 0 Å². The van der Waals surface area contributed by atoms with Gasteiger partial charge in [-0.1, -0.05) is 72.2 Å². The van der Waals surface area contributed by atoms with Crippen LogP contribution in [0.15, 0.2) is 54.6 Å². The Balaban J connectivity index is 1.99. The summed E-state index contributed by atoms with van der Waals surface area (Å²) in [5.41, 5.74) is 2.11. The minimum Gasteiger partial charge on any atom is -0.434 e. The Labute approximate surface area is 145 Å². The van der Waals surface area contributed by atoms with Crippen LogP contribution in [0.2, 0.25) is 0 Å². The Kier molecular flexibility index (Phi) is 6.41. The van der Waals surface area contributed by atoms with Crippen molar-refractivity contribution in [1.29, 1.82) is 0 Å². The predicted molar refractivity (Wildman–Crippen MR) is 96.5 cm³/mol. The maximum Gasteiger partial charge on any atom is 0.513 e. The van der Waals surface area contributed by atoms with Crippen molar-refractivity contribution in [3.05, 3.63) is 65.7 Å². The van der Waals surface area contributed by atoms with E-state index in [1.807, 2.05) is 62.4 Å². The van der Waals surface area contributed by atoms with Crippen LogP contribution >= 0.6 is 15.9 Å². The number of halogens is 1. The summed E-state index contributed by atoms with van der Waals surface area (Å²) in [6, 6.07) is 17.3. The molecule has 0 N–H and O–H groups in total. The second kappa shape index (κ2) is 8.53. The highest BCUT2D eigenvalue weighted by Crippen LogP contribution is 2.26. The van der Waals surface area contributed by atoms with Crippen molar-refractivity contribution in [3.8, 4) is 5.75 Å². The van der Waals surface area contributed by atoms with Gasteiger partial charge in [-0.2, -0.15) is 0 Å². The van der Waals surface area contributed by atoms with Crippen LogP contribution in [-0.4, -0.2) is 12.8 Å². The third-order valence-corrected chi connectivity index (χ3v) is 3.65. The molecule has 0 fully saturated rings. The van der Waals surface area contributed by atoms with Crippen molar-refractivity contribution in [2.24, 2.45) is 5.92 Å². The molecule has 2 aromatic carbocycles. The molecule has 0 heterocycles. The standard InChI is InChI=1S/C19H19BrO3/c1-14(2)13-22-19(21)23-17-10-8-16(9-11-17)18(20)12-15-6-4-3-5-7-15/h3-12,14H,13H2,1-2H3. The number of rotatable bonds is 5. The Morgan fingerprint density at radius 2 is 1.74 bits per heavy atom. The zero-order valence-corrected chi connectivity index (χ0v) is 14.7. The highest BCUT2D eigenvalue weighted by atomic mass is 79.9. The molecule has 0 spiro atoms. The van der Waals surface area contributed by atoms with Crippen molar-refractivity contribution in [2.75, 3.05) is 6.61 Å². The fourth-order valence-corrected chi connectivity index (χ4v) is 2.35. The van der Waals surface area contributed by atoms with Crippen LogP contribution in [0.1, 0.15) is 25.0 Å². The topological polar surface area (TPSA) is 35.5 Å². The van der Waals surface area contributed by atoms with Crippen molar-refractivity contribution >= 4 is 32.6 Å². The molecular weight excluding hydrogens is 356 g/mol. The highest BCUT2D eigenvalue weighted by molar-refractivity contribution is 9.15. The highest BCUT2D eigenvalue weighted by Gasteiger charge is 2.07. The van der Waals surface area contributed by atoms with E-state index in [9.17, 15) is 4.79 Å². The van der Waals surface area contributed by atoms with Gasteiger partial charge in [-0.05, 0) is 35.3 Å². The van der Waals surface area contributed by atoms with Gasteiger partial charge in [0.15, 0.2) is 0 Å². The Bertz CT molecular complexity index is 661. The molecule has 3 nitrogen and oxygen atoms in total. The molecule has 23 heavy (non-hydrogen) atoms. The van der Waals surface area contributed by atoms with Crippen molar-refractivity contribution < 1.29 is 14.3 Å². The first-order chi connectivity index (χ1) is 11.0. The summed E-state index contributed by atoms with van der Waals surface area (Å²) in [4.78, 5) is 11.5. The summed E-state index contributed by atoms with van der Waals surface area (Å²) in [6.07, 6.45) is 1.36. The minimum atomic E-state index is -0.676. The molecule has 2 rings (SSSR count). The van der Waals surface area contributed by atoms with Gasteiger partial charge < -0.3 is 9.47 Å². The van der Waals surface area contributed by atoms with E-state index in [1.54, 1.807) is 12.1 Å². The third kappa shape index (κ3) is 5.91. The lowest BCUT2D eigenvalue weighted by Gasteiger charge is -2.08. The average Bonchev–Trinajstić information content (AvgIpc) is 2.54. The van der Waals surface area contributed by atoms with Crippen molar-refractivity contribution in [2.45, 2.75) is 13.8 Å². The average molecular weight is 375 g/mol. The number of benzene rings is 2. The molecule has 4 heteroatoms. The Hall–Kier alpha value is -2.07. The Morgan fingerprint density at radius 3 is 2.35 bits per heavy atom. The maximum absolute atomic E-state index is 11.5. The fourth-order valence-electron chi connectivity index (χ4n) is 1.82. The summed E-state index contributed by atoms with van der Waals surface area (Å²) in [5, 5.41) is 0. The van der Waals surface area contributed by atoms with Crippen molar-refractivity contribution in [3.63, 3.8) is 0 Å². The lowest BCUT2D eigenvalue weighted by molar-refractivity contribution is 0.0886. The molecule has 0 aliphatic rings. The molecule has 0 unspecified atom stereocenters. The number of carbonyl (C=O) groups excluding carboxylic acids is 1. The van der Waals surface area contributed by atoms with Gasteiger partial charge in [0.1, 0.15) is 5.75 Å². The Morgan fingerprint density at radius 1 is 1.09 bits per heavy atom. The van der Waals surface area contributed by atoms with Gasteiger partial charge in [-0.3, -0.25) is 0 Å².